The second kappa shape index (κ2) is 10.0. The van der Waals surface area contributed by atoms with Crippen molar-refractivity contribution in [1.82, 2.24) is 5.32 Å². The highest BCUT2D eigenvalue weighted by Gasteiger charge is 2.41. The molecule has 2 N–H and O–H groups in total. The van der Waals surface area contributed by atoms with Gasteiger partial charge in [0.25, 0.3) is 0 Å². The highest BCUT2D eigenvalue weighted by Crippen LogP contribution is 2.48. The number of hydrogen-bond acceptors (Lipinski definition) is 5. The van der Waals surface area contributed by atoms with Crippen molar-refractivity contribution in [1.29, 1.82) is 0 Å². The van der Waals surface area contributed by atoms with E-state index in [9.17, 15) is 9.59 Å². The Bertz CT molecular complexity index is 1090. The van der Waals surface area contributed by atoms with E-state index in [0.29, 0.717) is 19.6 Å². The molecule has 0 radical (unpaired) electrons. The lowest BCUT2D eigenvalue weighted by atomic mass is 9.73. The standard InChI is InChI=1S/C28H35N3O3/c1-19-10-12-20(13-11-19)27-26-22(16-28(2,3)17-24(26)32)30-21-8-5-6-9-23(21)31(27)18-25(33)29-14-7-15-34-4/h5-6,8-13,27,30H,7,14-18H2,1-4H3,(H,29,33)/t27-/m1/s1. The van der Waals surface area contributed by atoms with E-state index in [0.717, 1.165) is 46.6 Å². The van der Waals surface area contributed by atoms with E-state index in [-0.39, 0.29) is 29.7 Å². The van der Waals surface area contributed by atoms with Crippen LogP contribution < -0.4 is 15.5 Å². The number of allylic oxidation sites excluding steroid dienone is 1. The molecular weight excluding hydrogens is 426 g/mol. The lowest BCUT2D eigenvalue weighted by Crippen LogP contribution is -2.42. The molecule has 34 heavy (non-hydrogen) atoms. The zero-order valence-electron chi connectivity index (χ0n) is 20.6. The van der Waals surface area contributed by atoms with Crippen molar-refractivity contribution >= 4 is 23.1 Å². The van der Waals surface area contributed by atoms with Gasteiger partial charge in [0.05, 0.1) is 24.0 Å². The molecule has 6 nitrogen and oxygen atoms in total. The Labute approximate surface area is 202 Å². The quantitative estimate of drug-likeness (QED) is 0.582. The summed E-state index contributed by atoms with van der Waals surface area (Å²) in [6.45, 7) is 7.63. The number of methoxy groups -OCH3 is 1. The fourth-order valence-corrected chi connectivity index (χ4v) is 4.98. The molecule has 1 atom stereocenters. The maximum absolute atomic E-state index is 13.6. The summed E-state index contributed by atoms with van der Waals surface area (Å²) in [5, 5.41) is 6.60. The minimum absolute atomic E-state index is 0.0735. The predicted octanol–water partition coefficient (Wildman–Crippen LogP) is 4.76. The van der Waals surface area contributed by atoms with Gasteiger partial charge in [-0.2, -0.15) is 0 Å². The molecular formula is C28H35N3O3. The van der Waals surface area contributed by atoms with Crippen LogP contribution in [0.25, 0.3) is 0 Å². The van der Waals surface area contributed by atoms with Crippen molar-refractivity contribution in [2.24, 2.45) is 5.41 Å². The Morgan fingerprint density at radius 3 is 2.62 bits per heavy atom. The van der Waals surface area contributed by atoms with E-state index in [1.807, 2.05) is 24.3 Å². The van der Waals surface area contributed by atoms with Crippen LogP contribution in [0.4, 0.5) is 11.4 Å². The minimum Gasteiger partial charge on any atom is -0.385 e. The maximum Gasteiger partial charge on any atom is 0.239 e. The van der Waals surface area contributed by atoms with E-state index < -0.39 is 0 Å². The van der Waals surface area contributed by atoms with Crippen molar-refractivity contribution in [3.63, 3.8) is 0 Å². The Hall–Kier alpha value is -3.12. The van der Waals surface area contributed by atoms with E-state index in [2.05, 4.69) is 60.6 Å². The third-order valence-electron chi connectivity index (χ3n) is 6.56. The highest BCUT2D eigenvalue weighted by atomic mass is 16.5. The van der Waals surface area contributed by atoms with Gasteiger partial charge in [-0.1, -0.05) is 55.8 Å². The van der Waals surface area contributed by atoms with E-state index in [1.54, 1.807) is 7.11 Å². The monoisotopic (exact) mass is 461 g/mol. The molecule has 0 aromatic heterocycles. The van der Waals surface area contributed by atoms with Gasteiger partial charge in [0.15, 0.2) is 5.78 Å². The number of carbonyl (C=O) groups is 2. The molecule has 0 saturated carbocycles. The van der Waals surface area contributed by atoms with Gasteiger partial charge < -0.3 is 20.3 Å². The van der Waals surface area contributed by atoms with Crippen LogP contribution in [0.1, 0.15) is 50.3 Å². The number of rotatable bonds is 7. The number of nitrogens with zero attached hydrogens (tertiary/aromatic N) is 1. The molecule has 1 amide bonds. The van der Waals surface area contributed by atoms with Gasteiger partial charge in [0.2, 0.25) is 5.91 Å². The largest absolute Gasteiger partial charge is 0.385 e. The molecule has 0 unspecified atom stereocenters. The molecule has 0 saturated heterocycles. The summed E-state index contributed by atoms with van der Waals surface area (Å²) in [5.41, 5.74) is 5.61. The summed E-state index contributed by atoms with van der Waals surface area (Å²) in [6, 6.07) is 16.0. The molecule has 2 aliphatic rings. The van der Waals surface area contributed by atoms with Crippen molar-refractivity contribution in [3.8, 4) is 0 Å². The van der Waals surface area contributed by atoms with E-state index in [4.69, 9.17) is 4.74 Å². The summed E-state index contributed by atoms with van der Waals surface area (Å²) in [4.78, 5) is 28.8. The molecule has 180 valence electrons. The minimum atomic E-state index is -0.347. The van der Waals surface area contributed by atoms with Crippen LogP contribution in [0.2, 0.25) is 0 Å². The number of Topliss-reactive ketones (excluding diaryl/α,β-unsaturated/α-hetero) is 1. The van der Waals surface area contributed by atoms with Crippen LogP contribution in [-0.4, -0.2) is 38.5 Å². The summed E-state index contributed by atoms with van der Waals surface area (Å²) in [6.07, 6.45) is 2.02. The molecule has 2 aromatic carbocycles. The molecule has 1 aliphatic heterocycles. The van der Waals surface area contributed by atoms with Crippen LogP contribution in [0.5, 0.6) is 0 Å². The van der Waals surface area contributed by atoms with Crippen molar-refractivity contribution in [2.45, 2.75) is 46.1 Å². The van der Waals surface area contributed by atoms with Gasteiger partial charge in [0.1, 0.15) is 0 Å². The average molecular weight is 462 g/mol. The van der Waals surface area contributed by atoms with E-state index >= 15 is 0 Å². The van der Waals surface area contributed by atoms with Gasteiger partial charge in [-0.3, -0.25) is 9.59 Å². The van der Waals surface area contributed by atoms with Gasteiger partial charge in [-0.05, 0) is 42.9 Å². The number of carbonyl (C=O) groups excluding carboxylic acids is 2. The topological polar surface area (TPSA) is 70.7 Å². The molecule has 0 fully saturated rings. The van der Waals surface area contributed by atoms with Crippen LogP contribution in [0.15, 0.2) is 59.8 Å². The lowest BCUT2D eigenvalue weighted by molar-refractivity contribution is -0.120. The fourth-order valence-electron chi connectivity index (χ4n) is 4.98. The molecule has 6 heteroatoms. The second-order valence-corrected chi connectivity index (χ2v) is 10.1. The number of aryl methyl sites for hydroxylation is 1. The number of amides is 1. The Morgan fingerprint density at radius 2 is 1.88 bits per heavy atom. The van der Waals surface area contributed by atoms with Crippen LogP contribution in [0.3, 0.4) is 0 Å². The zero-order chi connectivity index (χ0) is 24.3. The number of benzene rings is 2. The smallest absolute Gasteiger partial charge is 0.239 e. The van der Waals surface area contributed by atoms with Crippen LogP contribution >= 0.6 is 0 Å². The first-order valence-electron chi connectivity index (χ1n) is 12.0. The van der Waals surface area contributed by atoms with Gasteiger partial charge >= 0.3 is 0 Å². The fraction of sp³-hybridized carbons (Fsp3) is 0.429. The summed E-state index contributed by atoms with van der Waals surface area (Å²) in [5.74, 6) is 0.0679. The van der Waals surface area contributed by atoms with Crippen LogP contribution in [0, 0.1) is 12.3 Å². The Kier molecular flexibility index (Phi) is 7.08. The third-order valence-corrected chi connectivity index (χ3v) is 6.56. The first-order valence-corrected chi connectivity index (χ1v) is 12.0. The second-order valence-electron chi connectivity index (χ2n) is 10.1. The van der Waals surface area contributed by atoms with Gasteiger partial charge in [-0.15, -0.1) is 0 Å². The highest BCUT2D eigenvalue weighted by molar-refractivity contribution is 6.01. The third kappa shape index (κ3) is 5.17. The number of anilines is 2. The molecule has 0 bridgehead atoms. The predicted molar refractivity (Wildman–Crippen MR) is 136 cm³/mol. The maximum atomic E-state index is 13.6. The summed E-state index contributed by atoms with van der Waals surface area (Å²) < 4.78 is 5.10. The molecule has 2 aromatic rings. The average Bonchev–Trinajstić information content (AvgIpc) is 2.91. The first-order chi connectivity index (χ1) is 16.3. The molecule has 4 rings (SSSR count). The molecule has 1 heterocycles. The van der Waals surface area contributed by atoms with Crippen molar-refractivity contribution in [3.05, 3.63) is 70.9 Å². The number of fused-ring (bicyclic) bond motifs is 1. The number of hydrogen-bond donors (Lipinski definition) is 2. The normalized spacial score (nSPS) is 19.1. The van der Waals surface area contributed by atoms with Crippen molar-refractivity contribution in [2.75, 3.05) is 37.0 Å². The van der Waals surface area contributed by atoms with Crippen molar-refractivity contribution < 1.29 is 14.3 Å². The number of nitrogens with one attached hydrogen (secondary N) is 2. The summed E-state index contributed by atoms with van der Waals surface area (Å²) >= 11 is 0. The number of para-hydroxylation sites is 2. The molecule has 0 spiro atoms. The first kappa shape index (κ1) is 24.0. The van der Waals surface area contributed by atoms with Gasteiger partial charge in [-0.25, -0.2) is 0 Å². The van der Waals surface area contributed by atoms with E-state index in [1.165, 1.54) is 0 Å². The summed E-state index contributed by atoms with van der Waals surface area (Å²) in [7, 11) is 1.66. The Balaban J connectivity index is 1.80. The van der Waals surface area contributed by atoms with Crippen LogP contribution in [-0.2, 0) is 14.3 Å². The number of ketones is 1. The molecule has 1 aliphatic carbocycles. The number of ether oxygens (including phenoxy) is 1. The lowest BCUT2D eigenvalue weighted by Gasteiger charge is -2.38. The zero-order valence-corrected chi connectivity index (χ0v) is 20.6. The Morgan fingerprint density at radius 1 is 1.15 bits per heavy atom. The van der Waals surface area contributed by atoms with Gasteiger partial charge in [0, 0.05) is 38.0 Å². The SMILES string of the molecule is COCCCNC(=O)CN1c2ccccc2NC2=C(C(=O)CC(C)(C)C2)[C@H]1c1ccc(C)cc1.